The molecule has 3 heterocycles. The van der Waals surface area contributed by atoms with Gasteiger partial charge in [0.2, 0.25) is 12.7 Å². The van der Waals surface area contributed by atoms with Gasteiger partial charge in [0.1, 0.15) is 6.54 Å². The van der Waals surface area contributed by atoms with Crippen molar-refractivity contribution >= 4 is 16.9 Å². The molecule has 1 aliphatic rings. The fourth-order valence-electron chi connectivity index (χ4n) is 2.91. The number of aromatic nitrogens is 3. The summed E-state index contributed by atoms with van der Waals surface area (Å²) in [4.78, 5) is 41.0. The zero-order valence-corrected chi connectivity index (χ0v) is 13.5. The van der Waals surface area contributed by atoms with Gasteiger partial charge in [-0.05, 0) is 29.8 Å². The van der Waals surface area contributed by atoms with E-state index in [2.05, 4.69) is 4.98 Å². The summed E-state index contributed by atoms with van der Waals surface area (Å²) in [7, 11) is 0. The topological polar surface area (TPSA) is 118 Å². The van der Waals surface area contributed by atoms with Crippen LogP contribution >= 0.6 is 0 Å². The molecule has 0 bridgehead atoms. The van der Waals surface area contributed by atoms with Crippen molar-refractivity contribution in [2.75, 3.05) is 6.79 Å². The van der Waals surface area contributed by atoms with Crippen LogP contribution in [0.5, 0.6) is 11.5 Å². The predicted molar refractivity (Wildman–Crippen MR) is 91.1 cm³/mol. The molecule has 0 unspecified atom stereocenters. The molecule has 2 aromatic heterocycles. The molecule has 132 valence electrons. The minimum atomic E-state index is -0.689. The van der Waals surface area contributed by atoms with Crippen LogP contribution in [-0.4, -0.2) is 26.8 Å². The van der Waals surface area contributed by atoms with Crippen LogP contribution in [-0.2, 0) is 17.9 Å². The monoisotopic (exact) mass is 354 g/mol. The zero-order valence-electron chi connectivity index (χ0n) is 13.5. The average molecular weight is 354 g/mol. The summed E-state index contributed by atoms with van der Waals surface area (Å²) in [6.07, 6.45) is 1.45. The number of hydrogen-bond acceptors (Lipinski definition) is 6. The summed E-state index contributed by atoms with van der Waals surface area (Å²) < 4.78 is 12.7. The zero-order chi connectivity index (χ0) is 18.3. The highest BCUT2D eigenvalue weighted by atomic mass is 16.7. The molecule has 0 atom stereocenters. The van der Waals surface area contributed by atoms with Crippen LogP contribution in [0.2, 0.25) is 0 Å². The van der Waals surface area contributed by atoms with Gasteiger partial charge in [-0.3, -0.25) is 18.7 Å². The maximum Gasteiger partial charge on any atom is 0.332 e. The van der Waals surface area contributed by atoms with E-state index >= 15 is 0 Å². The smallest absolute Gasteiger partial charge is 0.332 e. The number of rotatable bonds is 4. The molecule has 0 radical (unpaired) electrons. The molecule has 0 saturated heterocycles. The number of nitrogens with zero attached hydrogens (tertiary/aromatic N) is 3. The normalized spacial score (nSPS) is 12.5. The van der Waals surface area contributed by atoms with Crippen LogP contribution in [0.4, 0.5) is 0 Å². The Morgan fingerprint density at radius 1 is 1.15 bits per heavy atom. The van der Waals surface area contributed by atoms with Crippen molar-refractivity contribution in [3.63, 3.8) is 0 Å². The number of carbonyl (C=O) groups is 1. The lowest BCUT2D eigenvalue weighted by molar-refractivity contribution is -0.118. The van der Waals surface area contributed by atoms with Crippen LogP contribution in [0.1, 0.15) is 5.56 Å². The molecule has 0 fully saturated rings. The van der Waals surface area contributed by atoms with Gasteiger partial charge in [0.25, 0.3) is 5.56 Å². The highest BCUT2D eigenvalue weighted by Crippen LogP contribution is 2.32. The third-order valence-electron chi connectivity index (χ3n) is 4.08. The first-order valence-corrected chi connectivity index (χ1v) is 7.80. The SMILES string of the molecule is NC(=O)Cn1c(=O)n(Cc2ccc3c(c2)OCO3)c(=O)c2ncccc21. The van der Waals surface area contributed by atoms with Gasteiger partial charge in [-0.25, -0.2) is 9.78 Å². The average Bonchev–Trinajstić information content (AvgIpc) is 3.10. The van der Waals surface area contributed by atoms with E-state index in [1.807, 2.05) is 0 Å². The Morgan fingerprint density at radius 2 is 1.96 bits per heavy atom. The number of pyridine rings is 1. The fraction of sp³-hybridized carbons (Fsp3) is 0.176. The van der Waals surface area contributed by atoms with Crippen LogP contribution in [0, 0.1) is 0 Å². The van der Waals surface area contributed by atoms with Crippen molar-refractivity contribution in [3.05, 3.63) is 62.9 Å². The molecule has 0 aliphatic carbocycles. The lowest BCUT2D eigenvalue weighted by atomic mass is 10.2. The molecular weight excluding hydrogens is 340 g/mol. The van der Waals surface area contributed by atoms with Gasteiger partial charge in [-0.15, -0.1) is 0 Å². The molecule has 1 aliphatic heterocycles. The third kappa shape index (κ3) is 2.59. The van der Waals surface area contributed by atoms with Gasteiger partial charge < -0.3 is 15.2 Å². The second kappa shape index (κ2) is 6.03. The number of benzene rings is 1. The van der Waals surface area contributed by atoms with Crippen molar-refractivity contribution in [1.29, 1.82) is 0 Å². The van der Waals surface area contributed by atoms with E-state index in [0.717, 1.165) is 9.13 Å². The Morgan fingerprint density at radius 3 is 2.77 bits per heavy atom. The molecule has 0 saturated carbocycles. The fourth-order valence-corrected chi connectivity index (χ4v) is 2.91. The van der Waals surface area contributed by atoms with E-state index in [4.69, 9.17) is 15.2 Å². The highest BCUT2D eigenvalue weighted by molar-refractivity contribution is 5.78. The van der Waals surface area contributed by atoms with Crippen molar-refractivity contribution in [2.24, 2.45) is 5.73 Å². The molecule has 2 N–H and O–H groups in total. The maximum atomic E-state index is 12.8. The summed E-state index contributed by atoms with van der Waals surface area (Å²) >= 11 is 0. The Bertz CT molecular complexity index is 1150. The number of ether oxygens (including phenoxy) is 2. The predicted octanol–water partition coefficient (Wildman–Crippen LogP) is -0.179. The molecule has 0 spiro atoms. The Balaban J connectivity index is 1.88. The van der Waals surface area contributed by atoms with E-state index in [1.54, 1.807) is 30.3 Å². The molecule has 1 amide bonds. The van der Waals surface area contributed by atoms with Crippen molar-refractivity contribution in [2.45, 2.75) is 13.1 Å². The van der Waals surface area contributed by atoms with Gasteiger partial charge in [0, 0.05) is 6.20 Å². The molecule has 4 rings (SSSR count). The van der Waals surface area contributed by atoms with E-state index < -0.39 is 17.2 Å². The molecule has 3 aromatic rings. The highest BCUT2D eigenvalue weighted by Gasteiger charge is 2.17. The van der Waals surface area contributed by atoms with E-state index in [1.165, 1.54) is 6.20 Å². The molecule has 26 heavy (non-hydrogen) atoms. The lowest BCUT2D eigenvalue weighted by Gasteiger charge is -2.12. The van der Waals surface area contributed by atoms with Crippen LogP contribution in [0.25, 0.3) is 11.0 Å². The number of amides is 1. The number of hydrogen-bond donors (Lipinski definition) is 1. The Kier molecular flexibility index (Phi) is 3.68. The van der Waals surface area contributed by atoms with E-state index in [-0.39, 0.29) is 30.9 Å². The van der Waals surface area contributed by atoms with Crippen molar-refractivity contribution in [3.8, 4) is 11.5 Å². The Hall–Kier alpha value is -3.62. The largest absolute Gasteiger partial charge is 0.454 e. The van der Waals surface area contributed by atoms with Crippen molar-refractivity contribution in [1.82, 2.24) is 14.1 Å². The van der Waals surface area contributed by atoms with Crippen molar-refractivity contribution < 1.29 is 14.3 Å². The summed E-state index contributed by atoms with van der Waals surface area (Å²) in [6, 6.07) is 8.29. The summed E-state index contributed by atoms with van der Waals surface area (Å²) in [5.41, 5.74) is 5.11. The lowest BCUT2D eigenvalue weighted by Crippen LogP contribution is -2.42. The number of primary amides is 1. The molecule has 9 nitrogen and oxygen atoms in total. The summed E-state index contributed by atoms with van der Waals surface area (Å²) in [5, 5.41) is 0. The second-order valence-corrected chi connectivity index (χ2v) is 5.79. The molecule has 9 heteroatoms. The van der Waals surface area contributed by atoms with Gasteiger partial charge in [-0.2, -0.15) is 0 Å². The van der Waals surface area contributed by atoms with Gasteiger partial charge in [-0.1, -0.05) is 6.07 Å². The van der Waals surface area contributed by atoms with Crippen LogP contribution < -0.4 is 26.5 Å². The second-order valence-electron chi connectivity index (χ2n) is 5.79. The summed E-state index contributed by atoms with van der Waals surface area (Å²) in [6.45, 7) is -0.216. The van der Waals surface area contributed by atoms with Crippen LogP contribution in [0.3, 0.4) is 0 Å². The van der Waals surface area contributed by atoms with E-state index in [9.17, 15) is 14.4 Å². The number of fused-ring (bicyclic) bond motifs is 2. The van der Waals surface area contributed by atoms with Gasteiger partial charge in [0.15, 0.2) is 17.0 Å². The van der Waals surface area contributed by atoms with E-state index in [0.29, 0.717) is 17.1 Å². The number of carbonyl (C=O) groups excluding carboxylic acids is 1. The van der Waals surface area contributed by atoms with Gasteiger partial charge >= 0.3 is 5.69 Å². The first kappa shape index (κ1) is 15.9. The quantitative estimate of drug-likeness (QED) is 0.694. The minimum absolute atomic E-state index is 0.000414. The Labute approximate surface area is 146 Å². The van der Waals surface area contributed by atoms with Crippen LogP contribution in [0.15, 0.2) is 46.1 Å². The molecular formula is C17H14N4O5. The first-order valence-electron chi connectivity index (χ1n) is 7.80. The summed E-state index contributed by atoms with van der Waals surface area (Å²) in [5.74, 6) is 0.463. The number of nitrogens with two attached hydrogens (primary N) is 1. The minimum Gasteiger partial charge on any atom is -0.454 e. The first-order chi connectivity index (χ1) is 12.5. The molecule has 1 aromatic carbocycles. The maximum absolute atomic E-state index is 12.8. The standard InChI is InChI=1S/C17H14N4O5/c18-14(22)8-20-11-2-1-5-19-15(11)16(23)21(17(20)24)7-10-3-4-12-13(6-10)26-9-25-12/h1-6H,7-9H2,(H2,18,22). The van der Waals surface area contributed by atoms with Gasteiger partial charge in [0.05, 0.1) is 12.1 Å². The third-order valence-corrected chi connectivity index (χ3v) is 4.08.